The van der Waals surface area contributed by atoms with Gasteiger partial charge in [0, 0.05) is 10.4 Å². The minimum atomic E-state index is -3.19. The van der Waals surface area contributed by atoms with Crippen LogP contribution < -0.4 is 4.72 Å². The molecule has 0 aliphatic heterocycles. The first-order valence-corrected chi connectivity index (χ1v) is 6.36. The minimum Gasteiger partial charge on any atom is -0.218 e. The highest BCUT2D eigenvalue weighted by Crippen LogP contribution is 2.32. The number of rotatable bonds is 3. The molecule has 80 valence electrons. The Morgan fingerprint density at radius 3 is 2.79 bits per heavy atom. The summed E-state index contributed by atoms with van der Waals surface area (Å²) in [6.07, 6.45) is 6.18. The first-order chi connectivity index (χ1) is 6.37. The predicted octanol–water partition coefficient (Wildman–Crippen LogP) is 1.62. The molecule has 0 radical (unpaired) electrons. The topological polar surface area (TPSA) is 46.2 Å². The second-order valence-corrected chi connectivity index (χ2v) is 6.12. The van der Waals surface area contributed by atoms with Crippen molar-refractivity contribution >= 4 is 21.6 Å². The number of hydrogen-bond acceptors (Lipinski definition) is 2. The molecule has 0 saturated heterocycles. The van der Waals surface area contributed by atoms with E-state index in [1.165, 1.54) is 7.05 Å². The lowest BCUT2D eigenvalue weighted by Gasteiger charge is -2.26. The van der Waals surface area contributed by atoms with E-state index in [0.717, 1.165) is 0 Å². The largest absolute Gasteiger partial charge is 0.218 e. The Hall–Kier alpha value is -0.320. The van der Waals surface area contributed by atoms with Crippen molar-refractivity contribution in [1.29, 1.82) is 0 Å². The zero-order valence-electron chi connectivity index (χ0n) is 8.25. The van der Waals surface area contributed by atoms with Gasteiger partial charge in [0.05, 0.1) is 5.75 Å². The Balaban J connectivity index is 2.84. The number of hydrogen-bond donors (Lipinski definition) is 1. The molecule has 0 aromatic heterocycles. The van der Waals surface area contributed by atoms with E-state index < -0.39 is 15.4 Å². The van der Waals surface area contributed by atoms with Crippen LogP contribution in [0.5, 0.6) is 0 Å². The summed E-state index contributed by atoms with van der Waals surface area (Å²) >= 11 is 5.83. The van der Waals surface area contributed by atoms with E-state index in [1.54, 1.807) is 12.2 Å². The number of halogens is 1. The van der Waals surface area contributed by atoms with Gasteiger partial charge in [0.2, 0.25) is 10.0 Å². The highest BCUT2D eigenvalue weighted by atomic mass is 35.5. The van der Waals surface area contributed by atoms with E-state index in [9.17, 15) is 8.42 Å². The van der Waals surface area contributed by atoms with Crippen molar-refractivity contribution in [3.63, 3.8) is 0 Å². The monoisotopic (exact) mass is 235 g/mol. The maximum Gasteiger partial charge on any atom is 0.212 e. The Morgan fingerprint density at radius 1 is 1.64 bits per heavy atom. The van der Waals surface area contributed by atoms with Gasteiger partial charge in [-0.15, -0.1) is 0 Å². The van der Waals surface area contributed by atoms with Gasteiger partial charge in [-0.1, -0.05) is 30.7 Å². The third-order valence-corrected chi connectivity index (χ3v) is 4.07. The van der Waals surface area contributed by atoms with E-state index in [1.807, 2.05) is 13.0 Å². The molecule has 0 bridgehead atoms. The molecule has 0 amide bonds. The Morgan fingerprint density at radius 2 is 2.29 bits per heavy atom. The quantitative estimate of drug-likeness (QED) is 0.808. The van der Waals surface area contributed by atoms with Crippen LogP contribution in [0.2, 0.25) is 0 Å². The number of allylic oxidation sites excluding steroid dienone is 4. The summed E-state index contributed by atoms with van der Waals surface area (Å²) in [5.74, 6) is 0.0665. The van der Waals surface area contributed by atoms with Gasteiger partial charge >= 0.3 is 0 Å². The van der Waals surface area contributed by atoms with Crippen LogP contribution in [0, 0.1) is 5.41 Å². The van der Waals surface area contributed by atoms with Crippen LogP contribution >= 0.6 is 11.6 Å². The van der Waals surface area contributed by atoms with Gasteiger partial charge in [-0.25, -0.2) is 13.1 Å². The molecule has 1 N–H and O–H groups in total. The summed E-state index contributed by atoms with van der Waals surface area (Å²) in [6, 6.07) is 0. The van der Waals surface area contributed by atoms with E-state index in [2.05, 4.69) is 4.72 Å². The molecule has 1 aliphatic rings. The van der Waals surface area contributed by atoms with Crippen molar-refractivity contribution in [2.45, 2.75) is 13.3 Å². The van der Waals surface area contributed by atoms with E-state index in [4.69, 9.17) is 11.6 Å². The van der Waals surface area contributed by atoms with Crippen molar-refractivity contribution in [2.75, 3.05) is 12.8 Å². The third kappa shape index (κ3) is 3.12. The lowest BCUT2D eigenvalue weighted by molar-refractivity contribution is 0.471. The van der Waals surface area contributed by atoms with Gasteiger partial charge in [0.15, 0.2) is 0 Å². The molecule has 0 heterocycles. The second-order valence-electron chi connectivity index (χ2n) is 3.75. The van der Waals surface area contributed by atoms with Gasteiger partial charge in [0.25, 0.3) is 0 Å². The fourth-order valence-electron chi connectivity index (χ4n) is 1.49. The number of nitrogens with one attached hydrogen (secondary N) is 1. The average Bonchev–Trinajstić information content (AvgIpc) is 2.01. The summed E-state index contributed by atoms with van der Waals surface area (Å²) in [7, 11) is -1.77. The van der Waals surface area contributed by atoms with Crippen molar-refractivity contribution in [1.82, 2.24) is 4.72 Å². The number of sulfonamides is 1. The van der Waals surface area contributed by atoms with Crippen molar-refractivity contribution in [2.24, 2.45) is 5.41 Å². The van der Waals surface area contributed by atoms with Crippen LogP contribution in [0.15, 0.2) is 23.3 Å². The van der Waals surface area contributed by atoms with Crippen LogP contribution in [-0.2, 0) is 10.0 Å². The molecule has 3 nitrogen and oxygen atoms in total. The van der Waals surface area contributed by atoms with Crippen LogP contribution in [0.3, 0.4) is 0 Å². The van der Waals surface area contributed by atoms with Crippen LogP contribution in [0.1, 0.15) is 13.3 Å². The van der Waals surface area contributed by atoms with Gasteiger partial charge in [-0.3, -0.25) is 0 Å². The molecular formula is C9H14ClNO2S. The normalized spacial score (nSPS) is 27.5. The fourth-order valence-corrected chi connectivity index (χ4v) is 3.05. The molecule has 1 aliphatic carbocycles. The Labute approximate surface area is 89.9 Å². The molecule has 0 aromatic carbocycles. The second kappa shape index (κ2) is 4.04. The molecule has 1 atom stereocenters. The lowest BCUT2D eigenvalue weighted by Crippen LogP contribution is -2.32. The third-order valence-electron chi connectivity index (χ3n) is 2.18. The predicted molar refractivity (Wildman–Crippen MR) is 58.6 cm³/mol. The molecule has 0 aromatic rings. The van der Waals surface area contributed by atoms with Crippen molar-refractivity contribution < 1.29 is 8.42 Å². The average molecular weight is 236 g/mol. The van der Waals surface area contributed by atoms with Gasteiger partial charge < -0.3 is 0 Å². The van der Waals surface area contributed by atoms with E-state index in [-0.39, 0.29) is 5.75 Å². The zero-order chi connectivity index (χ0) is 10.8. The van der Waals surface area contributed by atoms with Crippen LogP contribution in [-0.4, -0.2) is 21.2 Å². The molecule has 0 fully saturated rings. The van der Waals surface area contributed by atoms with Gasteiger partial charge in [-0.05, 0) is 19.5 Å². The maximum absolute atomic E-state index is 11.4. The van der Waals surface area contributed by atoms with E-state index >= 15 is 0 Å². The molecule has 0 saturated carbocycles. The van der Waals surface area contributed by atoms with E-state index in [0.29, 0.717) is 11.5 Å². The molecule has 0 unspecified atom stereocenters. The van der Waals surface area contributed by atoms with Crippen molar-refractivity contribution in [3.05, 3.63) is 23.3 Å². The summed E-state index contributed by atoms with van der Waals surface area (Å²) in [6.45, 7) is 1.88. The maximum atomic E-state index is 11.4. The van der Waals surface area contributed by atoms with Gasteiger partial charge in [0.1, 0.15) is 0 Å². The summed E-state index contributed by atoms with van der Waals surface area (Å²) < 4.78 is 25.0. The zero-order valence-corrected chi connectivity index (χ0v) is 9.82. The minimum absolute atomic E-state index is 0.0665. The molecule has 14 heavy (non-hydrogen) atoms. The highest BCUT2D eigenvalue weighted by Gasteiger charge is 2.28. The molecule has 1 rings (SSSR count). The smallest absolute Gasteiger partial charge is 0.212 e. The first-order valence-electron chi connectivity index (χ1n) is 4.33. The summed E-state index contributed by atoms with van der Waals surface area (Å²) in [4.78, 5) is 0. The SMILES string of the molecule is CNS(=O)(=O)C[C@]1(C)C=C(Cl)C=CC1. The lowest BCUT2D eigenvalue weighted by atomic mass is 9.86. The Bertz CT molecular complexity index is 372. The fraction of sp³-hybridized carbons (Fsp3) is 0.556. The standard InChI is InChI=1S/C9H14ClNO2S/c1-9(7-14(12,13)11-2)5-3-4-8(10)6-9/h3-4,6,11H,5,7H2,1-2H3/t9-/m0/s1. The highest BCUT2D eigenvalue weighted by molar-refractivity contribution is 7.89. The Kier molecular flexibility index (Phi) is 3.40. The summed E-state index contributed by atoms with van der Waals surface area (Å²) in [5, 5.41) is 0.602. The molecule has 0 spiro atoms. The molecule has 5 heteroatoms. The molecular weight excluding hydrogens is 222 g/mol. The first kappa shape index (κ1) is 11.8. The van der Waals surface area contributed by atoms with Crippen LogP contribution in [0.4, 0.5) is 0 Å². The summed E-state index contributed by atoms with van der Waals surface area (Å²) in [5.41, 5.74) is -0.395. The van der Waals surface area contributed by atoms with Gasteiger partial charge in [-0.2, -0.15) is 0 Å². The van der Waals surface area contributed by atoms with Crippen molar-refractivity contribution in [3.8, 4) is 0 Å². The van der Waals surface area contributed by atoms with Crippen LogP contribution in [0.25, 0.3) is 0 Å².